The Labute approximate surface area is 106 Å². The number of hydrogen-bond donors (Lipinski definition) is 1. The largest absolute Gasteiger partial charge is 0.302 e. The Kier molecular flexibility index (Phi) is 5.94. The Morgan fingerprint density at radius 1 is 1.35 bits per heavy atom. The van der Waals surface area contributed by atoms with Crippen LogP contribution < -0.4 is 5.32 Å². The zero-order chi connectivity index (χ0) is 12.7. The molecule has 0 aromatic carbocycles. The molecule has 0 amide bonds. The van der Waals surface area contributed by atoms with Crippen molar-refractivity contribution < 1.29 is 0 Å². The Bertz CT molecular complexity index is 253. The van der Waals surface area contributed by atoms with Crippen molar-refractivity contribution in [3.05, 3.63) is 0 Å². The summed E-state index contributed by atoms with van der Waals surface area (Å²) in [7, 11) is 1.93. The van der Waals surface area contributed by atoms with E-state index in [0.717, 1.165) is 12.8 Å². The smallest absolute Gasteiger partial charge is 0.108 e. The van der Waals surface area contributed by atoms with Crippen molar-refractivity contribution in [2.75, 3.05) is 20.1 Å². The third-order valence-electron chi connectivity index (χ3n) is 3.96. The quantitative estimate of drug-likeness (QED) is 0.771. The summed E-state index contributed by atoms with van der Waals surface area (Å²) in [5.41, 5.74) is -0.275. The average molecular weight is 237 g/mol. The molecule has 1 aliphatic rings. The van der Waals surface area contributed by atoms with Crippen LogP contribution in [0, 0.1) is 11.3 Å². The van der Waals surface area contributed by atoms with Crippen LogP contribution in [0.2, 0.25) is 0 Å². The van der Waals surface area contributed by atoms with Gasteiger partial charge in [0.1, 0.15) is 5.54 Å². The molecule has 1 fully saturated rings. The standard InChI is InChI=1S/C14H27N3/c1-4-9-17(10-5-2)13-7-6-8-14(11-13,12-15)16-3/h13,16H,4-11H2,1-3H3. The second kappa shape index (κ2) is 6.98. The van der Waals surface area contributed by atoms with Crippen LogP contribution in [-0.2, 0) is 0 Å². The van der Waals surface area contributed by atoms with Crippen molar-refractivity contribution in [3.63, 3.8) is 0 Å². The Morgan fingerprint density at radius 3 is 2.47 bits per heavy atom. The molecule has 1 saturated carbocycles. The van der Waals surface area contributed by atoms with E-state index < -0.39 is 0 Å². The molecule has 0 aromatic rings. The van der Waals surface area contributed by atoms with Gasteiger partial charge in [-0.2, -0.15) is 5.26 Å². The summed E-state index contributed by atoms with van der Waals surface area (Å²) in [4.78, 5) is 2.59. The number of nitriles is 1. The second-order valence-corrected chi connectivity index (χ2v) is 5.23. The molecule has 0 saturated heterocycles. The highest BCUT2D eigenvalue weighted by molar-refractivity contribution is 5.10. The number of hydrogen-bond acceptors (Lipinski definition) is 3. The van der Waals surface area contributed by atoms with Gasteiger partial charge in [0.05, 0.1) is 6.07 Å². The number of nitrogens with one attached hydrogen (secondary N) is 1. The first kappa shape index (κ1) is 14.5. The lowest BCUT2D eigenvalue weighted by Gasteiger charge is -2.41. The van der Waals surface area contributed by atoms with Crippen LogP contribution in [0.15, 0.2) is 0 Å². The molecular formula is C14H27N3. The summed E-state index contributed by atoms with van der Waals surface area (Å²) < 4.78 is 0. The molecule has 2 atom stereocenters. The first-order valence-corrected chi connectivity index (χ1v) is 7.05. The molecule has 98 valence electrons. The number of nitrogens with zero attached hydrogens (tertiary/aromatic N) is 2. The molecule has 17 heavy (non-hydrogen) atoms. The lowest BCUT2D eigenvalue weighted by molar-refractivity contribution is 0.122. The normalized spacial score (nSPS) is 29.2. The molecule has 2 unspecified atom stereocenters. The molecule has 3 heteroatoms. The van der Waals surface area contributed by atoms with E-state index in [-0.39, 0.29) is 5.54 Å². The van der Waals surface area contributed by atoms with Crippen LogP contribution in [0.25, 0.3) is 0 Å². The van der Waals surface area contributed by atoms with E-state index in [9.17, 15) is 5.26 Å². The average Bonchev–Trinajstić information content (AvgIpc) is 2.38. The minimum Gasteiger partial charge on any atom is -0.302 e. The van der Waals surface area contributed by atoms with E-state index in [0.29, 0.717) is 6.04 Å². The maximum Gasteiger partial charge on any atom is 0.108 e. The molecule has 0 bridgehead atoms. The first-order chi connectivity index (χ1) is 8.21. The highest BCUT2D eigenvalue weighted by Gasteiger charge is 2.36. The zero-order valence-electron chi connectivity index (χ0n) is 11.6. The lowest BCUT2D eigenvalue weighted by atomic mass is 9.79. The second-order valence-electron chi connectivity index (χ2n) is 5.23. The van der Waals surface area contributed by atoms with E-state index >= 15 is 0 Å². The van der Waals surface area contributed by atoms with Crippen molar-refractivity contribution >= 4 is 0 Å². The van der Waals surface area contributed by atoms with Crippen LogP contribution in [-0.4, -0.2) is 36.6 Å². The highest BCUT2D eigenvalue weighted by atomic mass is 15.2. The highest BCUT2D eigenvalue weighted by Crippen LogP contribution is 2.30. The van der Waals surface area contributed by atoms with Crippen molar-refractivity contribution in [1.29, 1.82) is 5.26 Å². The predicted octanol–water partition coefficient (Wildman–Crippen LogP) is 2.53. The van der Waals surface area contributed by atoms with Crippen LogP contribution >= 0.6 is 0 Å². The summed E-state index contributed by atoms with van der Waals surface area (Å²) in [6, 6.07) is 3.09. The Hall–Kier alpha value is -0.590. The van der Waals surface area contributed by atoms with Crippen molar-refractivity contribution in [1.82, 2.24) is 10.2 Å². The van der Waals surface area contributed by atoms with Gasteiger partial charge in [0, 0.05) is 6.04 Å². The molecule has 0 aromatic heterocycles. The third kappa shape index (κ3) is 3.69. The van der Waals surface area contributed by atoms with Crippen LogP contribution in [0.4, 0.5) is 0 Å². The fourth-order valence-corrected chi connectivity index (χ4v) is 2.99. The van der Waals surface area contributed by atoms with Gasteiger partial charge >= 0.3 is 0 Å². The summed E-state index contributed by atoms with van der Waals surface area (Å²) >= 11 is 0. The molecular weight excluding hydrogens is 210 g/mol. The molecule has 1 N–H and O–H groups in total. The summed E-state index contributed by atoms with van der Waals surface area (Å²) in [6.07, 6.45) is 6.82. The molecule has 0 radical (unpaired) electrons. The minimum atomic E-state index is -0.275. The first-order valence-electron chi connectivity index (χ1n) is 7.05. The summed E-state index contributed by atoms with van der Waals surface area (Å²) in [5, 5.41) is 12.6. The zero-order valence-corrected chi connectivity index (χ0v) is 11.6. The summed E-state index contributed by atoms with van der Waals surface area (Å²) in [6.45, 7) is 6.82. The van der Waals surface area contributed by atoms with Gasteiger partial charge in [-0.15, -0.1) is 0 Å². The van der Waals surface area contributed by atoms with Gasteiger partial charge in [0.15, 0.2) is 0 Å². The molecule has 1 rings (SSSR count). The molecule has 3 nitrogen and oxygen atoms in total. The molecule has 1 aliphatic carbocycles. The minimum absolute atomic E-state index is 0.275. The molecule has 0 aliphatic heterocycles. The summed E-state index contributed by atoms with van der Waals surface area (Å²) in [5.74, 6) is 0. The molecule has 0 heterocycles. The van der Waals surface area contributed by atoms with E-state index in [1.165, 1.54) is 38.8 Å². The van der Waals surface area contributed by atoms with Crippen LogP contribution in [0.5, 0.6) is 0 Å². The van der Waals surface area contributed by atoms with Gasteiger partial charge < -0.3 is 10.2 Å². The van der Waals surface area contributed by atoms with Crippen molar-refractivity contribution in [3.8, 4) is 6.07 Å². The monoisotopic (exact) mass is 237 g/mol. The fourth-order valence-electron chi connectivity index (χ4n) is 2.99. The van der Waals surface area contributed by atoms with Crippen LogP contribution in [0.1, 0.15) is 52.4 Å². The van der Waals surface area contributed by atoms with E-state index in [4.69, 9.17) is 0 Å². The predicted molar refractivity (Wildman–Crippen MR) is 71.8 cm³/mol. The third-order valence-corrected chi connectivity index (χ3v) is 3.96. The van der Waals surface area contributed by atoms with E-state index in [1.54, 1.807) is 0 Å². The van der Waals surface area contributed by atoms with E-state index in [2.05, 4.69) is 30.1 Å². The van der Waals surface area contributed by atoms with Crippen molar-refractivity contribution in [2.45, 2.75) is 64.0 Å². The van der Waals surface area contributed by atoms with Gasteiger partial charge in [-0.3, -0.25) is 0 Å². The van der Waals surface area contributed by atoms with Gasteiger partial charge in [-0.05, 0) is 58.7 Å². The maximum absolute atomic E-state index is 9.37. The van der Waals surface area contributed by atoms with Crippen LogP contribution in [0.3, 0.4) is 0 Å². The number of rotatable bonds is 6. The van der Waals surface area contributed by atoms with Crippen molar-refractivity contribution in [2.24, 2.45) is 0 Å². The van der Waals surface area contributed by atoms with Gasteiger partial charge in [-0.25, -0.2) is 0 Å². The lowest BCUT2D eigenvalue weighted by Crippen LogP contribution is -2.51. The Morgan fingerprint density at radius 2 is 2.00 bits per heavy atom. The Balaban J connectivity index is 2.66. The van der Waals surface area contributed by atoms with Gasteiger partial charge in [0.25, 0.3) is 0 Å². The fraction of sp³-hybridized carbons (Fsp3) is 0.929. The van der Waals surface area contributed by atoms with Gasteiger partial charge in [0.2, 0.25) is 0 Å². The van der Waals surface area contributed by atoms with E-state index in [1.807, 2.05) is 7.05 Å². The molecule has 0 spiro atoms. The van der Waals surface area contributed by atoms with Gasteiger partial charge in [-0.1, -0.05) is 13.8 Å². The SMILES string of the molecule is CCCN(CCC)C1CCCC(C#N)(NC)C1. The maximum atomic E-state index is 9.37. The topological polar surface area (TPSA) is 39.1 Å².